The Morgan fingerprint density at radius 2 is 2.00 bits per heavy atom. The largest absolute Gasteiger partial charge is 0.493 e. The van der Waals surface area contributed by atoms with Gasteiger partial charge in [0.15, 0.2) is 0 Å². The van der Waals surface area contributed by atoms with E-state index >= 15 is 0 Å². The number of carbonyl (C=O) groups excluding carboxylic acids is 1. The third kappa shape index (κ3) is 3.74. The van der Waals surface area contributed by atoms with E-state index in [0.717, 1.165) is 31.1 Å². The van der Waals surface area contributed by atoms with Gasteiger partial charge in [-0.2, -0.15) is 0 Å². The molecule has 1 N–H and O–H groups in total. The molecule has 98 valence electrons. The average Bonchev–Trinajstić information content (AvgIpc) is 2.40. The predicted molar refractivity (Wildman–Crippen MR) is 71.8 cm³/mol. The van der Waals surface area contributed by atoms with E-state index in [1.807, 2.05) is 24.3 Å². The molecule has 0 saturated carbocycles. The molecule has 1 fully saturated rings. The van der Waals surface area contributed by atoms with Gasteiger partial charge in [0.25, 0.3) is 0 Å². The van der Waals surface area contributed by atoms with Gasteiger partial charge in [0.2, 0.25) is 6.41 Å². The van der Waals surface area contributed by atoms with Gasteiger partial charge in [-0.15, -0.1) is 0 Å². The summed E-state index contributed by atoms with van der Waals surface area (Å²) < 4.78 is 5.78. The molecule has 1 aromatic carbocycles. The molecule has 1 amide bonds. The molecule has 4 nitrogen and oxygen atoms in total. The highest BCUT2D eigenvalue weighted by molar-refractivity contribution is 5.71. The van der Waals surface area contributed by atoms with E-state index in [2.05, 4.69) is 17.3 Å². The summed E-state index contributed by atoms with van der Waals surface area (Å²) in [4.78, 5) is 12.6. The van der Waals surface area contributed by atoms with Crippen LogP contribution in [0.25, 0.3) is 0 Å². The molecule has 4 heteroatoms. The Labute approximate surface area is 108 Å². The first-order chi connectivity index (χ1) is 8.78. The van der Waals surface area contributed by atoms with E-state index in [-0.39, 0.29) is 0 Å². The van der Waals surface area contributed by atoms with Crippen LogP contribution in [0.1, 0.15) is 12.8 Å². The number of piperidine rings is 1. The minimum Gasteiger partial charge on any atom is -0.493 e. The SMILES string of the molecule is CN1CCC(COc2ccc(NC=O)cc2)CC1. The maximum Gasteiger partial charge on any atom is 0.211 e. The van der Waals surface area contributed by atoms with Gasteiger partial charge in [0.05, 0.1) is 6.61 Å². The summed E-state index contributed by atoms with van der Waals surface area (Å²) in [6.07, 6.45) is 3.09. The van der Waals surface area contributed by atoms with Crippen molar-refractivity contribution in [2.75, 3.05) is 32.1 Å². The van der Waals surface area contributed by atoms with E-state index in [4.69, 9.17) is 4.74 Å². The maximum atomic E-state index is 10.3. The second kappa shape index (κ2) is 6.40. The molecule has 0 radical (unpaired) electrons. The van der Waals surface area contributed by atoms with Crippen LogP contribution >= 0.6 is 0 Å². The smallest absolute Gasteiger partial charge is 0.211 e. The van der Waals surface area contributed by atoms with Crippen LogP contribution in [0.15, 0.2) is 24.3 Å². The monoisotopic (exact) mass is 248 g/mol. The molecule has 1 aliphatic heterocycles. The van der Waals surface area contributed by atoms with Crippen LogP contribution in [0, 0.1) is 5.92 Å². The maximum absolute atomic E-state index is 10.3. The lowest BCUT2D eigenvalue weighted by Crippen LogP contribution is -2.32. The molecule has 0 bridgehead atoms. The number of nitrogens with one attached hydrogen (secondary N) is 1. The van der Waals surface area contributed by atoms with Crippen LogP contribution < -0.4 is 10.1 Å². The standard InChI is InChI=1S/C14H20N2O2/c1-16-8-6-12(7-9-16)10-18-14-4-2-13(3-5-14)15-11-17/h2-5,11-12H,6-10H2,1H3,(H,15,17). The van der Waals surface area contributed by atoms with Gasteiger partial charge in [-0.05, 0) is 63.2 Å². The Hall–Kier alpha value is -1.55. The van der Waals surface area contributed by atoms with Gasteiger partial charge in [0.1, 0.15) is 5.75 Å². The third-order valence-electron chi connectivity index (χ3n) is 3.40. The highest BCUT2D eigenvalue weighted by atomic mass is 16.5. The molecule has 1 aromatic rings. The molecular formula is C14H20N2O2. The quantitative estimate of drug-likeness (QED) is 0.810. The minimum atomic E-state index is 0.661. The normalized spacial score (nSPS) is 17.4. The second-order valence-electron chi connectivity index (χ2n) is 4.84. The fourth-order valence-electron chi connectivity index (χ4n) is 2.16. The Balaban J connectivity index is 1.77. The number of rotatable bonds is 5. The summed E-state index contributed by atoms with van der Waals surface area (Å²) in [5.74, 6) is 1.53. The highest BCUT2D eigenvalue weighted by Gasteiger charge is 2.16. The Morgan fingerprint density at radius 1 is 1.33 bits per heavy atom. The first-order valence-electron chi connectivity index (χ1n) is 6.39. The van der Waals surface area contributed by atoms with Crippen LogP contribution in [0.4, 0.5) is 5.69 Å². The van der Waals surface area contributed by atoms with Crippen LogP contribution in [0.2, 0.25) is 0 Å². The predicted octanol–water partition coefficient (Wildman–Crippen LogP) is 1.98. The summed E-state index contributed by atoms with van der Waals surface area (Å²) in [6.45, 7) is 3.11. The van der Waals surface area contributed by atoms with Crippen molar-refractivity contribution in [1.82, 2.24) is 4.90 Å². The van der Waals surface area contributed by atoms with E-state index in [1.165, 1.54) is 12.8 Å². The zero-order chi connectivity index (χ0) is 12.8. The van der Waals surface area contributed by atoms with Gasteiger partial charge in [-0.3, -0.25) is 4.79 Å². The lowest BCUT2D eigenvalue weighted by Gasteiger charge is -2.28. The van der Waals surface area contributed by atoms with Crippen molar-refractivity contribution < 1.29 is 9.53 Å². The van der Waals surface area contributed by atoms with Crippen molar-refractivity contribution in [2.45, 2.75) is 12.8 Å². The summed E-state index contributed by atoms with van der Waals surface area (Å²) in [7, 11) is 2.16. The van der Waals surface area contributed by atoms with Crippen molar-refractivity contribution in [1.29, 1.82) is 0 Å². The second-order valence-corrected chi connectivity index (χ2v) is 4.84. The van der Waals surface area contributed by atoms with Crippen LogP contribution in [0.3, 0.4) is 0 Å². The molecular weight excluding hydrogens is 228 g/mol. The zero-order valence-corrected chi connectivity index (χ0v) is 10.8. The summed E-state index contributed by atoms with van der Waals surface area (Å²) in [6, 6.07) is 7.47. The Morgan fingerprint density at radius 3 is 2.61 bits per heavy atom. The lowest BCUT2D eigenvalue weighted by atomic mass is 9.98. The van der Waals surface area contributed by atoms with E-state index < -0.39 is 0 Å². The third-order valence-corrected chi connectivity index (χ3v) is 3.40. The highest BCUT2D eigenvalue weighted by Crippen LogP contribution is 2.20. The van der Waals surface area contributed by atoms with Crippen molar-refractivity contribution >= 4 is 12.1 Å². The van der Waals surface area contributed by atoms with Gasteiger partial charge < -0.3 is 15.0 Å². The van der Waals surface area contributed by atoms with Gasteiger partial charge in [-0.1, -0.05) is 0 Å². The van der Waals surface area contributed by atoms with E-state index in [0.29, 0.717) is 12.3 Å². The summed E-state index contributed by atoms with van der Waals surface area (Å²) >= 11 is 0. The Bertz CT molecular complexity index is 370. The van der Waals surface area contributed by atoms with E-state index in [1.54, 1.807) is 0 Å². The zero-order valence-electron chi connectivity index (χ0n) is 10.8. The van der Waals surface area contributed by atoms with Crippen LogP contribution in [-0.4, -0.2) is 38.1 Å². The molecule has 0 unspecified atom stereocenters. The van der Waals surface area contributed by atoms with Gasteiger partial charge >= 0.3 is 0 Å². The Kier molecular flexibility index (Phi) is 4.59. The molecule has 2 rings (SSSR count). The molecule has 18 heavy (non-hydrogen) atoms. The first-order valence-corrected chi connectivity index (χ1v) is 6.39. The minimum absolute atomic E-state index is 0.661. The van der Waals surface area contributed by atoms with Crippen molar-refractivity contribution in [3.8, 4) is 5.75 Å². The van der Waals surface area contributed by atoms with Crippen molar-refractivity contribution in [2.24, 2.45) is 5.92 Å². The van der Waals surface area contributed by atoms with Gasteiger partial charge in [-0.25, -0.2) is 0 Å². The molecule has 1 heterocycles. The number of amides is 1. The number of likely N-dealkylation sites (tertiary alicyclic amines) is 1. The summed E-state index contributed by atoms with van der Waals surface area (Å²) in [5.41, 5.74) is 0.789. The molecule has 0 atom stereocenters. The average molecular weight is 248 g/mol. The van der Waals surface area contributed by atoms with Crippen LogP contribution in [0.5, 0.6) is 5.75 Å². The number of hydrogen-bond acceptors (Lipinski definition) is 3. The topological polar surface area (TPSA) is 41.6 Å². The van der Waals surface area contributed by atoms with Crippen LogP contribution in [-0.2, 0) is 4.79 Å². The molecule has 1 saturated heterocycles. The number of benzene rings is 1. The molecule has 0 spiro atoms. The molecule has 0 aliphatic carbocycles. The van der Waals surface area contributed by atoms with Gasteiger partial charge in [0, 0.05) is 5.69 Å². The summed E-state index contributed by atoms with van der Waals surface area (Å²) in [5, 5.41) is 2.60. The molecule has 1 aliphatic rings. The lowest BCUT2D eigenvalue weighted by molar-refractivity contribution is -0.105. The van der Waals surface area contributed by atoms with Crippen molar-refractivity contribution in [3.05, 3.63) is 24.3 Å². The first kappa shape index (κ1) is 12.9. The number of anilines is 1. The van der Waals surface area contributed by atoms with Crippen molar-refractivity contribution in [3.63, 3.8) is 0 Å². The number of carbonyl (C=O) groups is 1. The fourth-order valence-corrected chi connectivity index (χ4v) is 2.16. The van der Waals surface area contributed by atoms with E-state index in [9.17, 15) is 4.79 Å². The number of hydrogen-bond donors (Lipinski definition) is 1. The molecule has 0 aromatic heterocycles. The number of ether oxygens (including phenoxy) is 1. The fraction of sp³-hybridized carbons (Fsp3) is 0.500. The number of nitrogens with zero attached hydrogens (tertiary/aromatic N) is 1.